The summed E-state index contributed by atoms with van der Waals surface area (Å²) in [5.74, 6) is 0.302. The summed E-state index contributed by atoms with van der Waals surface area (Å²) in [7, 11) is 0. The van der Waals surface area contributed by atoms with E-state index in [1.54, 1.807) is 12.1 Å². The molecule has 174 valence electrons. The van der Waals surface area contributed by atoms with Gasteiger partial charge >= 0.3 is 0 Å². The first-order valence-electron chi connectivity index (χ1n) is 11.6. The fourth-order valence-corrected chi connectivity index (χ4v) is 4.46. The van der Waals surface area contributed by atoms with Gasteiger partial charge in [-0.15, -0.1) is 0 Å². The van der Waals surface area contributed by atoms with Gasteiger partial charge in [0.2, 0.25) is 5.91 Å². The molecule has 0 aliphatic heterocycles. The second-order valence-corrected chi connectivity index (χ2v) is 9.83. The molecule has 0 bridgehead atoms. The fraction of sp³-hybridized carbons (Fsp3) is 0.423. The summed E-state index contributed by atoms with van der Waals surface area (Å²) in [6.07, 6.45) is 5.59. The maximum Gasteiger partial charge on any atom is 0.239 e. The molecule has 1 aliphatic rings. The second kappa shape index (κ2) is 9.83. The van der Waals surface area contributed by atoms with Crippen LogP contribution >= 0.6 is 0 Å². The third kappa shape index (κ3) is 6.26. The number of aromatic nitrogens is 2. The third-order valence-corrected chi connectivity index (χ3v) is 5.96. The fourth-order valence-electron chi connectivity index (χ4n) is 4.46. The molecular weight excluding hydrogens is 417 g/mol. The summed E-state index contributed by atoms with van der Waals surface area (Å²) in [5.41, 5.74) is 2.73. The number of anilines is 1. The standard InChI is InChI=1S/C26H32FN5O/c1-26(2,3)32-21-11-9-20(10-12-21)31-24(33)15-28-25-22-14-18(6-13-23(22)29-16-30-25)17-4-7-19(27)8-5-17/h4-8,13-14,16,20-21,32H,9-12,15H2,1-3H3,(H,31,33)(H,28,29,30). The highest BCUT2D eigenvalue weighted by Crippen LogP contribution is 2.27. The highest BCUT2D eigenvalue weighted by Gasteiger charge is 2.25. The molecule has 0 radical (unpaired) electrons. The normalized spacial score (nSPS) is 18.8. The van der Waals surface area contributed by atoms with Crippen LogP contribution in [0.15, 0.2) is 48.8 Å². The average Bonchev–Trinajstić information content (AvgIpc) is 2.78. The Morgan fingerprint density at radius 2 is 1.64 bits per heavy atom. The van der Waals surface area contributed by atoms with Gasteiger partial charge in [0.1, 0.15) is 18.0 Å². The minimum Gasteiger partial charge on any atom is -0.360 e. The Hall–Kier alpha value is -3.06. The highest BCUT2D eigenvalue weighted by atomic mass is 19.1. The van der Waals surface area contributed by atoms with Crippen molar-refractivity contribution in [2.75, 3.05) is 11.9 Å². The lowest BCUT2D eigenvalue weighted by atomic mass is 9.89. The zero-order valence-electron chi connectivity index (χ0n) is 19.5. The Balaban J connectivity index is 1.36. The molecule has 6 nitrogen and oxygen atoms in total. The van der Waals surface area contributed by atoms with Crippen molar-refractivity contribution in [3.8, 4) is 11.1 Å². The van der Waals surface area contributed by atoms with Crippen molar-refractivity contribution in [1.82, 2.24) is 20.6 Å². The first-order chi connectivity index (χ1) is 15.8. The molecule has 1 saturated carbocycles. The summed E-state index contributed by atoms with van der Waals surface area (Å²) >= 11 is 0. The van der Waals surface area contributed by atoms with Crippen molar-refractivity contribution in [2.45, 2.75) is 64.1 Å². The molecule has 2 aromatic carbocycles. The van der Waals surface area contributed by atoms with Crippen LogP contribution in [0.5, 0.6) is 0 Å². The minimum absolute atomic E-state index is 0.0383. The Labute approximate surface area is 194 Å². The topological polar surface area (TPSA) is 78.9 Å². The van der Waals surface area contributed by atoms with Gasteiger partial charge in [-0.2, -0.15) is 0 Å². The molecule has 33 heavy (non-hydrogen) atoms. The molecule has 1 fully saturated rings. The van der Waals surface area contributed by atoms with Crippen LogP contribution in [0.3, 0.4) is 0 Å². The molecule has 0 atom stereocenters. The molecule has 1 amide bonds. The van der Waals surface area contributed by atoms with Gasteiger partial charge in [-0.3, -0.25) is 4.79 Å². The molecule has 1 heterocycles. The number of amides is 1. The van der Waals surface area contributed by atoms with Crippen LogP contribution in [0.2, 0.25) is 0 Å². The van der Waals surface area contributed by atoms with E-state index in [-0.39, 0.29) is 29.8 Å². The number of carbonyl (C=O) groups excluding carboxylic acids is 1. The first kappa shape index (κ1) is 23.1. The quantitative estimate of drug-likeness (QED) is 0.510. The number of nitrogens with one attached hydrogen (secondary N) is 3. The van der Waals surface area contributed by atoms with Crippen molar-refractivity contribution in [3.63, 3.8) is 0 Å². The lowest BCUT2D eigenvalue weighted by Crippen LogP contribution is -2.48. The lowest BCUT2D eigenvalue weighted by molar-refractivity contribution is -0.120. The molecule has 7 heteroatoms. The van der Waals surface area contributed by atoms with E-state index in [0.717, 1.165) is 47.7 Å². The van der Waals surface area contributed by atoms with E-state index < -0.39 is 0 Å². The van der Waals surface area contributed by atoms with Crippen molar-refractivity contribution in [3.05, 3.63) is 54.6 Å². The zero-order valence-corrected chi connectivity index (χ0v) is 19.5. The van der Waals surface area contributed by atoms with Crippen molar-refractivity contribution in [1.29, 1.82) is 0 Å². The zero-order chi connectivity index (χ0) is 23.4. The van der Waals surface area contributed by atoms with Crippen molar-refractivity contribution in [2.24, 2.45) is 0 Å². The van der Waals surface area contributed by atoms with E-state index >= 15 is 0 Å². The smallest absolute Gasteiger partial charge is 0.239 e. The number of hydrogen-bond acceptors (Lipinski definition) is 5. The van der Waals surface area contributed by atoms with Gasteiger partial charge in [-0.25, -0.2) is 14.4 Å². The van der Waals surface area contributed by atoms with Crippen LogP contribution in [0.4, 0.5) is 10.2 Å². The lowest BCUT2D eigenvalue weighted by Gasteiger charge is -2.34. The van der Waals surface area contributed by atoms with E-state index in [0.29, 0.717) is 11.9 Å². The van der Waals surface area contributed by atoms with Gasteiger partial charge in [0.15, 0.2) is 0 Å². The largest absolute Gasteiger partial charge is 0.360 e. The van der Waals surface area contributed by atoms with E-state index in [1.165, 1.54) is 18.5 Å². The number of halogens is 1. The molecule has 0 unspecified atom stereocenters. The van der Waals surface area contributed by atoms with Gasteiger partial charge in [0.05, 0.1) is 12.1 Å². The van der Waals surface area contributed by atoms with Crippen LogP contribution in [0.25, 0.3) is 22.0 Å². The van der Waals surface area contributed by atoms with E-state index in [1.807, 2.05) is 18.2 Å². The summed E-state index contributed by atoms with van der Waals surface area (Å²) in [6.45, 7) is 6.71. The van der Waals surface area contributed by atoms with E-state index in [9.17, 15) is 9.18 Å². The van der Waals surface area contributed by atoms with Crippen LogP contribution in [0, 0.1) is 5.82 Å². The average molecular weight is 450 g/mol. The summed E-state index contributed by atoms with van der Waals surface area (Å²) < 4.78 is 13.3. The molecule has 1 aromatic heterocycles. The highest BCUT2D eigenvalue weighted by molar-refractivity contribution is 5.93. The minimum atomic E-state index is -0.268. The van der Waals surface area contributed by atoms with Crippen molar-refractivity contribution < 1.29 is 9.18 Å². The predicted octanol–water partition coefficient (Wildman–Crippen LogP) is 4.66. The SMILES string of the molecule is CC(C)(C)NC1CCC(NC(=O)CNc2ncnc3ccc(-c4ccc(F)cc4)cc23)CC1. The molecular formula is C26H32FN5O. The van der Waals surface area contributed by atoms with Gasteiger partial charge in [0.25, 0.3) is 0 Å². The van der Waals surface area contributed by atoms with Crippen molar-refractivity contribution >= 4 is 22.6 Å². The molecule has 4 rings (SSSR count). The number of nitrogens with zero attached hydrogens (tertiary/aromatic N) is 2. The van der Waals surface area contributed by atoms with E-state index in [4.69, 9.17) is 0 Å². The van der Waals surface area contributed by atoms with E-state index in [2.05, 4.69) is 46.7 Å². The second-order valence-electron chi connectivity index (χ2n) is 9.83. The summed E-state index contributed by atoms with van der Waals surface area (Å²) in [6, 6.07) is 12.9. The maximum atomic E-state index is 13.3. The summed E-state index contributed by atoms with van der Waals surface area (Å²) in [5, 5.41) is 10.8. The van der Waals surface area contributed by atoms with Crippen LogP contribution in [0.1, 0.15) is 46.5 Å². The third-order valence-electron chi connectivity index (χ3n) is 5.96. The van der Waals surface area contributed by atoms with Crippen LogP contribution in [-0.2, 0) is 4.79 Å². The number of hydrogen-bond donors (Lipinski definition) is 3. The number of rotatable bonds is 6. The molecule has 1 aliphatic carbocycles. The molecule has 0 spiro atoms. The predicted molar refractivity (Wildman–Crippen MR) is 130 cm³/mol. The van der Waals surface area contributed by atoms with Crippen LogP contribution < -0.4 is 16.0 Å². The Kier molecular flexibility index (Phi) is 6.88. The maximum absolute atomic E-state index is 13.3. The Morgan fingerprint density at radius 1 is 0.970 bits per heavy atom. The van der Waals surface area contributed by atoms with Gasteiger partial charge in [0, 0.05) is 23.0 Å². The van der Waals surface area contributed by atoms with Gasteiger partial charge in [-0.05, 0) is 81.8 Å². The molecule has 3 aromatic rings. The molecule has 0 saturated heterocycles. The van der Waals surface area contributed by atoms with Crippen LogP contribution in [-0.4, -0.2) is 40.0 Å². The van der Waals surface area contributed by atoms with Gasteiger partial charge < -0.3 is 16.0 Å². The summed E-state index contributed by atoms with van der Waals surface area (Å²) in [4.78, 5) is 21.3. The van der Waals surface area contributed by atoms with Gasteiger partial charge in [-0.1, -0.05) is 18.2 Å². The number of carbonyl (C=O) groups is 1. The number of fused-ring (bicyclic) bond motifs is 1. The number of benzene rings is 2. The Morgan fingerprint density at radius 3 is 2.33 bits per heavy atom. The first-order valence-corrected chi connectivity index (χ1v) is 11.6. The monoisotopic (exact) mass is 449 g/mol. The molecule has 3 N–H and O–H groups in total. The Bertz CT molecular complexity index is 1100.